The summed E-state index contributed by atoms with van der Waals surface area (Å²) in [5.41, 5.74) is 1.02. The summed E-state index contributed by atoms with van der Waals surface area (Å²) in [5, 5.41) is 2.77. The zero-order valence-corrected chi connectivity index (χ0v) is 8.18. The van der Waals surface area contributed by atoms with E-state index in [0.717, 1.165) is 5.56 Å². The summed E-state index contributed by atoms with van der Waals surface area (Å²) in [7, 11) is 1.49. The molecular formula is C9H10ClNO2. The number of ether oxygens (including phenoxy) is 1. The van der Waals surface area contributed by atoms with Crippen LogP contribution in [0.1, 0.15) is 5.56 Å². The van der Waals surface area contributed by atoms with Crippen LogP contribution in [0.15, 0.2) is 18.2 Å². The zero-order valence-electron chi connectivity index (χ0n) is 7.43. The van der Waals surface area contributed by atoms with Crippen LogP contribution in [0.3, 0.4) is 0 Å². The highest BCUT2D eigenvalue weighted by Crippen LogP contribution is 2.24. The van der Waals surface area contributed by atoms with E-state index in [-0.39, 0.29) is 0 Å². The molecule has 3 nitrogen and oxygen atoms in total. The lowest BCUT2D eigenvalue weighted by molar-refractivity contribution is 0.203. The Morgan fingerprint density at radius 2 is 2.23 bits per heavy atom. The van der Waals surface area contributed by atoms with Crippen molar-refractivity contribution in [3.63, 3.8) is 0 Å². The van der Waals surface area contributed by atoms with Crippen molar-refractivity contribution in [3.8, 4) is 5.75 Å². The van der Waals surface area contributed by atoms with Gasteiger partial charge < -0.3 is 10.1 Å². The van der Waals surface area contributed by atoms with Crippen LogP contribution in [0.2, 0.25) is 5.02 Å². The lowest BCUT2D eigenvalue weighted by atomic mass is 10.2. The first-order valence-corrected chi connectivity index (χ1v) is 4.17. The van der Waals surface area contributed by atoms with Crippen LogP contribution in [0.5, 0.6) is 5.75 Å². The molecule has 0 fully saturated rings. The molecule has 70 valence electrons. The molecular weight excluding hydrogens is 190 g/mol. The van der Waals surface area contributed by atoms with E-state index in [2.05, 4.69) is 5.32 Å². The second-order valence-corrected chi connectivity index (χ2v) is 2.98. The Morgan fingerprint density at radius 3 is 2.77 bits per heavy atom. The van der Waals surface area contributed by atoms with Crippen LogP contribution in [-0.4, -0.2) is 13.1 Å². The van der Waals surface area contributed by atoms with Gasteiger partial charge in [0, 0.05) is 7.05 Å². The molecule has 0 unspecified atom stereocenters. The number of halogens is 1. The van der Waals surface area contributed by atoms with E-state index in [1.807, 2.05) is 13.0 Å². The highest BCUT2D eigenvalue weighted by Gasteiger charge is 2.05. The number of rotatable bonds is 1. The lowest BCUT2D eigenvalue weighted by Crippen LogP contribution is -2.22. The van der Waals surface area contributed by atoms with Crippen LogP contribution >= 0.6 is 11.6 Å². The van der Waals surface area contributed by atoms with Crippen LogP contribution in [-0.2, 0) is 0 Å². The number of carbonyl (C=O) groups is 1. The predicted octanol–water partition coefficient (Wildman–Crippen LogP) is 2.37. The summed E-state index contributed by atoms with van der Waals surface area (Å²) in [6.07, 6.45) is -0.522. The van der Waals surface area contributed by atoms with Gasteiger partial charge >= 0.3 is 6.09 Å². The Hall–Kier alpha value is -1.22. The third-order valence-electron chi connectivity index (χ3n) is 1.49. The molecule has 0 radical (unpaired) electrons. The zero-order chi connectivity index (χ0) is 9.84. The number of nitrogens with one attached hydrogen (secondary N) is 1. The topological polar surface area (TPSA) is 38.3 Å². The van der Waals surface area contributed by atoms with Crippen molar-refractivity contribution in [2.75, 3.05) is 7.05 Å². The van der Waals surface area contributed by atoms with E-state index >= 15 is 0 Å². The van der Waals surface area contributed by atoms with Crippen molar-refractivity contribution < 1.29 is 9.53 Å². The predicted molar refractivity (Wildman–Crippen MR) is 51.3 cm³/mol. The van der Waals surface area contributed by atoms with Gasteiger partial charge in [0.15, 0.2) is 5.75 Å². The Bertz CT molecular complexity index is 325. The Kier molecular flexibility index (Phi) is 3.14. The van der Waals surface area contributed by atoms with Gasteiger partial charge in [-0.3, -0.25) is 0 Å². The highest BCUT2D eigenvalue weighted by molar-refractivity contribution is 6.32. The SMILES string of the molecule is CNC(=O)Oc1ccc(C)cc1Cl. The fourth-order valence-corrected chi connectivity index (χ4v) is 1.11. The van der Waals surface area contributed by atoms with Gasteiger partial charge in [0.2, 0.25) is 0 Å². The minimum Gasteiger partial charge on any atom is -0.409 e. The van der Waals surface area contributed by atoms with Gasteiger partial charge in [-0.1, -0.05) is 17.7 Å². The first-order chi connectivity index (χ1) is 6.13. The molecule has 0 aliphatic rings. The van der Waals surface area contributed by atoms with Crippen molar-refractivity contribution >= 4 is 17.7 Å². The minimum atomic E-state index is -0.522. The summed E-state index contributed by atoms with van der Waals surface area (Å²) < 4.78 is 4.87. The van der Waals surface area contributed by atoms with Gasteiger partial charge in [0.05, 0.1) is 5.02 Å². The van der Waals surface area contributed by atoms with E-state index in [1.165, 1.54) is 7.05 Å². The van der Waals surface area contributed by atoms with E-state index < -0.39 is 6.09 Å². The van der Waals surface area contributed by atoms with Crippen molar-refractivity contribution in [1.82, 2.24) is 5.32 Å². The quantitative estimate of drug-likeness (QED) is 0.754. The molecule has 0 aliphatic carbocycles. The second-order valence-electron chi connectivity index (χ2n) is 2.57. The number of carbonyl (C=O) groups excluding carboxylic acids is 1. The molecule has 1 amide bonds. The molecule has 1 rings (SSSR count). The Balaban J connectivity index is 2.83. The van der Waals surface area contributed by atoms with E-state index in [9.17, 15) is 4.79 Å². The minimum absolute atomic E-state index is 0.367. The lowest BCUT2D eigenvalue weighted by Gasteiger charge is -2.05. The average Bonchev–Trinajstić information content (AvgIpc) is 2.09. The van der Waals surface area contributed by atoms with Crippen molar-refractivity contribution in [3.05, 3.63) is 28.8 Å². The Labute approximate surface area is 81.7 Å². The molecule has 0 atom stereocenters. The third kappa shape index (κ3) is 2.63. The normalized spacial score (nSPS) is 9.46. The van der Waals surface area contributed by atoms with Gasteiger partial charge in [0.25, 0.3) is 0 Å². The first kappa shape index (κ1) is 9.86. The molecule has 1 N–H and O–H groups in total. The van der Waals surface area contributed by atoms with E-state index in [4.69, 9.17) is 16.3 Å². The maximum Gasteiger partial charge on any atom is 0.412 e. The van der Waals surface area contributed by atoms with Crippen molar-refractivity contribution in [2.24, 2.45) is 0 Å². The van der Waals surface area contributed by atoms with Crippen LogP contribution in [0.25, 0.3) is 0 Å². The Morgan fingerprint density at radius 1 is 1.54 bits per heavy atom. The third-order valence-corrected chi connectivity index (χ3v) is 1.79. The maximum atomic E-state index is 10.8. The number of aryl methyl sites for hydroxylation is 1. The molecule has 0 bridgehead atoms. The van der Waals surface area contributed by atoms with Gasteiger partial charge in [0.1, 0.15) is 0 Å². The molecule has 0 aromatic heterocycles. The number of hydrogen-bond acceptors (Lipinski definition) is 2. The van der Waals surface area contributed by atoms with Crippen LogP contribution in [0.4, 0.5) is 4.79 Å². The summed E-state index contributed by atoms with van der Waals surface area (Å²) >= 11 is 5.83. The molecule has 0 saturated carbocycles. The monoisotopic (exact) mass is 199 g/mol. The number of hydrogen-bond donors (Lipinski definition) is 1. The van der Waals surface area contributed by atoms with Crippen LogP contribution in [0, 0.1) is 6.92 Å². The smallest absolute Gasteiger partial charge is 0.409 e. The fraction of sp³-hybridized carbons (Fsp3) is 0.222. The largest absolute Gasteiger partial charge is 0.412 e. The van der Waals surface area contributed by atoms with Gasteiger partial charge in [-0.15, -0.1) is 0 Å². The van der Waals surface area contributed by atoms with Crippen molar-refractivity contribution in [2.45, 2.75) is 6.92 Å². The summed E-state index contributed by atoms with van der Waals surface area (Å²) in [6.45, 7) is 1.91. The number of amides is 1. The number of benzene rings is 1. The molecule has 1 aromatic rings. The molecule has 0 saturated heterocycles. The molecule has 13 heavy (non-hydrogen) atoms. The average molecular weight is 200 g/mol. The van der Waals surface area contributed by atoms with Crippen molar-refractivity contribution in [1.29, 1.82) is 0 Å². The standard InChI is InChI=1S/C9H10ClNO2/c1-6-3-4-8(7(10)5-6)13-9(12)11-2/h3-5H,1-2H3,(H,11,12). The highest BCUT2D eigenvalue weighted by atomic mass is 35.5. The van der Waals surface area contributed by atoms with Crippen LogP contribution < -0.4 is 10.1 Å². The van der Waals surface area contributed by atoms with Gasteiger partial charge in [-0.25, -0.2) is 4.79 Å². The molecule has 4 heteroatoms. The summed E-state index contributed by atoms with van der Waals surface area (Å²) in [5.74, 6) is 0.367. The summed E-state index contributed by atoms with van der Waals surface area (Å²) in [4.78, 5) is 10.8. The summed E-state index contributed by atoms with van der Waals surface area (Å²) in [6, 6.07) is 5.22. The van der Waals surface area contributed by atoms with Gasteiger partial charge in [-0.2, -0.15) is 0 Å². The molecule has 0 heterocycles. The van der Waals surface area contributed by atoms with Gasteiger partial charge in [-0.05, 0) is 24.6 Å². The second kappa shape index (κ2) is 4.14. The fourth-order valence-electron chi connectivity index (χ4n) is 0.840. The molecule has 1 aromatic carbocycles. The molecule has 0 spiro atoms. The maximum absolute atomic E-state index is 10.8. The first-order valence-electron chi connectivity index (χ1n) is 3.79. The molecule has 0 aliphatic heterocycles. The van der Waals surface area contributed by atoms with E-state index in [1.54, 1.807) is 12.1 Å². The van der Waals surface area contributed by atoms with E-state index in [0.29, 0.717) is 10.8 Å².